The quantitative estimate of drug-likeness (QED) is 0.411. The highest BCUT2D eigenvalue weighted by atomic mass is 79.9. The summed E-state index contributed by atoms with van der Waals surface area (Å²) in [5.41, 5.74) is 0.945. The molecule has 31 heavy (non-hydrogen) atoms. The third-order valence-electron chi connectivity index (χ3n) is 5.02. The van der Waals surface area contributed by atoms with E-state index in [9.17, 15) is 9.18 Å². The second-order valence-electron chi connectivity index (χ2n) is 7.41. The molecule has 7 heteroatoms. The number of nitrogens with zero attached hydrogens (tertiary/aromatic N) is 1. The van der Waals surface area contributed by atoms with Crippen molar-refractivity contribution in [1.82, 2.24) is 10.2 Å². The Hall–Kier alpha value is -2.22. The minimum atomic E-state index is -0.376. The van der Waals surface area contributed by atoms with Crippen molar-refractivity contribution in [3.05, 3.63) is 70.5 Å². The maximum atomic E-state index is 13.0. The van der Waals surface area contributed by atoms with Crippen LogP contribution in [0.3, 0.4) is 0 Å². The summed E-state index contributed by atoms with van der Waals surface area (Å²) in [6.45, 7) is 4.75. The summed E-state index contributed by atoms with van der Waals surface area (Å²) in [6.07, 6.45) is 4.77. The molecule has 5 nitrogen and oxygen atoms in total. The first kappa shape index (κ1) is 23.4. The van der Waals surface area contributed by atoms with Crippen LogP contribution in [0.5, 0.6) is 5.75 Å². The second-order valence-corrected chi connectivity index (χ2v) is 8.33. The topological polar surface area (TPSA) is 50.8 Å². The fourth-order valence-corrected chi connectivity index (χ4v) is 3.90. The number of hydrogen-bond donors (Lipinski definition) is 1. The van der Waals surface area contributed by atoms with E-state index in [0.29, 0.717) is 18.9 Å². The molecule has 0 spiro atoms. The van der Waals surface area contributed by atoms with Gasteiger partial charge in [0.1, 0.15) is 23.9 Å². The van der Waals surface area contributed by atoms with E-state index in [0.717, 1.165) is 36.0 Å². The molecule has 1 atom stereocenters. The number of likely N-dealkylation sites (tertiary alicyclic amines) is 1. The van der Waals surface area contributed by atoms with Gasteiger partial charge in [0.25, 0.3) is 0 Å². The van der Waals surface area contributed by atoms with Crippen LogP contribution in [0.1, 0.15) is 25.3 Å². The zero-order chi connectivity index (χ0) is 22.1. The van der Waals surface area contributed by atoms with Gasteiger partial charge in [0.2, 0.25) is 5.91 Å². The molecule has 0 bridgehead atoms. The van der Waals surface area contributed by atoms with Gasteiger partial charge in [-0.25, -0.2) is 4.39 Å². The smallest absolute Gasteiger partial charge is 0.246 e. The monoisotopic (exact) mass is 490 g/mol. The molecule has 1 aliphatic rings. The van der Waals surface area contributed by atoms with E-state index in [4.69, 9.17) is 9.47 Å². The molecule has 3 rings (SSSR count). The maximum Gasteiger partial charge on any atom is 0.246 e. The Kier molecular flexibility index (Phi) is 9.06. The first-order valence-electron chi connectivity index (χ1n) is 10.5. The molecule has 1 aliphatic heterocycles. The van der Waals surface area contributed by atoms with Crippen molar-refractivity contribution in [2.45, 2.75) is 32.1 Å². The molecule has 0 aliphatic carbocycles. The van der Waals surface area contributed by atoms with Gasteiger partial charge in [-0.3, -0.25) is 9.69 Å². The molecular formula is C24H28BrFN2O3. The van der Waals surface area contributed by atoms with E-state index >= 15 is 0 Å². The van der Waals surface area contributed by atoms with Gasteiger partial charge in [0, 0.05) is 36.8 Å². The summed E-state index contributed by atoms with van der Waals surface area (Å²) >= 11 is 3.43. The summed E-state index contributed by atoms with van der Waals surface area (Å²) < 4.78 is 25.7. The van der Waals surface area contributed by atoms with Gasteiger partial charge < -0.3 is 14.8 Å². The Morgan fingerprint density at radius 2 is 2.00 bits per heavy atom. The Morgan fingerprint density at radius 3 is 2.68 bits per heavy atom. The summed E-state index contributed by atoms with van der Waals surface area (Å²) in [7, 11) is 0. The zero-order valence-electron chi connectivity index (χ0n) is 17.6. The van der Waals surface area contributed by atoms with Gasteiger partial charge in [-0.05, 0) is 67.8 Å². The minimum absolute atomic E-state index is 0.106. The number of nitrogens with one attached hydrogen (secondary N) is 1. The number of benzene rings is 2. The lowest BCUT2D eigenvalue weighted by molar-refractivity contribution is -0.121. The Morgan fingerprint density at radius 1 is 1.26 bits per heavy atom. The van der Waals surface area contributed by atoms with Gasteiger partial charge in [-0.2, -0.15) is 0 Å². The summed E-state index contributed by atoms with van der Waals surface area (Å²) in [4.78, 5) is 14.6. The number of piperidine rings is 1. The molecule has 166 valence electrons. The number of rotatable bonds is 9. The van der Waals surface area contributed by atoms with Crippen LogP contribution >= 0.6 is 15.9 Å². The average molecular weight is 491 g/mol. The number of carbonyl (C=O) groups is 1. The first-order valence-corrected chi connectivity index (χ1v) is 11.3. The average Bonchev–Trinajstić information content (AvgIpc) is 2.75. The lowest BCUT2D eigenvalue weighted by atomic mass is 10.1. The van der Waals surface area contributed by atoms with Crippen LogP contribution in [-0.4, -0.2) is 49.4 Å². The molecule has 0 saturated carbocycles. The van der Waals surface area contributed by atoms with Crippen molar-refractivity contribution in [2.75, 3.05) is 26.2 Å². The van der Waals surface area contributed by atoms with Gasteiger partial charge >= 0.3 is 0 Å². The van der Waals surface area contributed by atoms with Crippen molar-refractivity contribution < 1.29 is 18.7 Å². The Balaban J connectivity index is 1.45. The van der Waals surface area contributed by atoms with Crippen LogP contribution < -0.4 is 10.1 Å². The van der Waals surface area contributed by atoms with Crippen LogP contribution in [0.2, 0.25) is 0 Å². The molecule has 1 amide bonds. The lowest BCUT2D eigenvalue weighted by Crippen LogP contribution is -2.48. The molecular weight excluding hydrogens is 463 g/mol. The SMILES string of the molecule is CCOC(CN1CCC(Oc2ccc(F)cc2)CC1)NC(=O)/C=C/c1cccc(Br)c1. The van der Waals surface area contributed by atoms with Gasteiger partial charge in [-0.1, -0.05) is 28.1 Å². The molecule has 2 aromatic rings. The fraction of sp³-hybridized carbons (Fsp3) is 0.375. The number of carbonyl (C=O) groups excluding carboxylic acids is 1. The summed E-state index contributed by atoms with van der Waals surface area (Å²) in [6, 6.07) is 13.9. The Labute approximate surface area is 191 Å². The molecule has 1 saturated heterocycles. The van der Waals surface area contributed by atoms with E-state index in [1.807, 2.05) is 31.2 Å². The molecule has 1 unspecified atom stereocenters. The van der Waals surface area contributed by atoms with Crippen molar-refractivity contribution in [1.29, 1.82) is 0 Å². The molecule has 1 fully saturated rings. The van der Waals surface area contributed by atoms with Crippen LogP contribution in [0.25, 0.3) is 6.08 Å². The number of amides is 1. The van der Waals surface area contributed by atoms with Crippen LogP contribution in [0, 0.1) is 5.82 Å². The summed E-state index contributed by atoms with van der Waals surface area (Å²) in [5, 5.41) is 2.94. The Bertz CT molecular complexity index is 867. The third kappa shape index (κ3) is 8.09. The number of halogens is 2. The molecule has 2 aromatic carbocycles. The summed E-state index contributed by atoms with van der Waals surface area (Å²) in [5.74, 6) is 0.238. The van der Waals surface area contributed by atoms with Crippen molar-refractivity contribution >= 4 is 27.9 Å². The highest BCUT2D eigenvalue weighted by Crippen LogP contribution is 2.19. The first-order chi connectivity index (χ1) is 15.0. The molecule has 1 N–H and O–H groups in total. The van der Waals surface area contributed by atoms with Crippen molar-refractivity contribution in [2.24, 2.45) is 0 Å². The van der Waals surface area contributed by atoms with Crippen LogP contribution in [0.4, 0.5) is 4.39 Å². The van der Waals surface area contributed by atoms with E-state index < -0.39 is 0 Å². The highest BCUT2D eigenvalue weighted by Gasteiger charge is 2.23. The maximum absolute atomic E-state index is 13.0. The number of hydrogen-bond acceptors (Lipinski definition) is 4. The molecule has 1 heterocycles. The standard InChI is InChI=1S/C24H28BrFN2O3/c1-2-30-24(27-23(29)11-6-18-4-3-5-19(25)16-18)17-28-14-12-22(13-15-28)31-21-9-7-20(26)8-10-21/h3-11,16,22,24H,2,12-15,17H2,1H3,(H,27,29)/b11-6+. The minimum Gasteiger partial charge on any atom is -0.490 e. The lowest BCUT2D eigenvalue weighted by Gasteiger charge is -2.34. The van der Waals surface area contributed by atoms with E-state index in [1.165, 1.54) is 18.2 Å². The number of ether oxygens (including phenoxy) is 2. The molecule has 0 radical (unpaired) electrons. The highest BCUT2D eigenvalue weighted by molar-refractivity contribution is 9.10. The normalized spacial score (nSPS) is 16.4. The van der Waals surface area contributed by atoms with Crippen LogP contribution in [0.15, 0.2) is 59.1 Å². The predicted octanol–water partition coefficient (Wildman–Crippen LogP) is 4.62. The van der Waals surface area contributed by atoms with E-state index in [-0.39, 0.29) is 24.1 Å². The predicted molar refractivity (Wildman–Crippen MR) is 123 cm³/mol. The van der Waals surface area contributed by atoms with Gasteiger partial charge in [-0.15, -0.1) is 0 Å². The van der Waals surface area contributed by atoms with Gasteiger partial charge in [0.15, 0.2) is 0 Å². The van der Waals surface area contributed by atoms with Crippen LogP contribution in [-0.2, 0) is 9.53 Å². The third-order valence-corrected chi connectivity index (χ3v) is 5.52. The van der Waals surface area contributed by atoms with E-state index in [2.05, 4.69) is 26.1 Å². The molecule has 0 aromatic heterocycles. The van der Waals surface area contributed by atoms with E-state index in [1.54, 1.807) is 18.2 Å². The van der Waals surface area contributed by atoms with Crippen molar-refractivity contribution in [3.63, 3.8) is 0 Å². The van der Waals surface area contributed by atoms with Gasteiger partial charge in [0.05, 0.1) is 0 Å². The van der Waals surface area contributed by atoms with Crippen molar-refractivity contribution in [3.8, 4) is 5.75 Å². The zero-order valence-corrected chi connectivity index (χ0v) is 19.2. The largest absolute Gasteiger partial charge is 0.490 e. The fourth-order valence-electron chi connectivity index (χ4n) is 3.48. The second kappa shape index (κ2) is 12.0.